The van der Waals surface area contributed by atoms with E-state index in [1.807, 2.05) is 20.8 Å². The van der Waals surface area contributed by atoms with E-state index in [1.165, 1.54) is 32.1 Å². The fraction of sp³-hybridized carbons (Fsp3) is 0.909. The first-order valence-corrected chi connectivity index (χ1v) is 9.63. The Hall–Kier alpha value is -1.06. The van der Waals surface area contributed by atoms with Crippen LogP contribution in [0, 0.1) is 29.1 Å². The summed E-state index contributed by atoms with van der Waals surface area (Å²) < 4.78 is 11.2. The van der Waals surface area contributed by atoms with E-state index in [9.17, 15) is 9.59 Å². The zero-order chi connectivity index (χ0) is 17.5. The molecule has 4 rings (SSSR count). The molecule has 0 spiro atoms. The second kappa shape index (κ2) is 8.31. The highest BCUT2D eigenvalue weighted by Crippen LogP contribution is 2.59. The minimum Gasteiger partial charge on any atom is -0.465 e. The molecule has 4 heteroatoms. The molecule has 0 N–H and O–H groups in total. The van der Waals surface area contributed by atoms with Gasteiger partial charge in [0.1, 0.15) is 12.2 Å². The summed E-state index contributed by atoms with van der Waals surface area (Å²) in [5, 5.41) is 0. The van der Waals surface area contributed by atoms with Crippen LogP contribution in [-0.4, -0.2) is 24.1 Å². The van der Waals surface area contributed by atoms with Crippen LogP contribution < -0.4 is 0 Å². The lowest BCUT2D eigenvalue weighted by molar-refractivity contribution is -0.204. The highest BCUT2D eigenvalue weighted by atomic mass is 16.6. The van der Waals surface area contributed by atoms with Crippen LogP contribution in [0.15, 0.2) is 0 Å². The van der Waals surface area contributed by atoms with Crippen LogP contribution in [0.1, 0.15) is 87.5 Å². The molecule has 0 aliphatic heterocycles. The minimum atomic E-state index is -0.489. The number of hydrogen-bond donors (Lipinski definition) is 0. The summed E-state index contributed by atoms with van der Waals surface area (Å²) in [7, 11) is 0. The molecule has 0 saturated heterocycles. The van der Waals surface area contributed by atoms with Crippen molar-refractivity contribution < 1.29 is 19.1 Å². The Morgan fingerprint density at radius 1 is 1.00 bits per heavy atom. The molecule has 152 valence electrons. The van der Waals surface area contributed by atoms with E-state index in [2.05, 4.69) is 6.92 Å². The van der Waals surface area contributed by atoms with Gasteiger partial charge in [0.2, 0.25) is 0 Å². The summed E-state index contributed by atoms with van der Waals surface area (Å²) in [5.41, 5.74) is -0.783. The third kappa shape index (κ3) is 4.26. The average Bonchev–Trinajstić information content (AvgIpc) is 2.52. The Labute approximate surface area is 160 Å². The van der Waals surface area contributed by atoms with Gasteiger partial charge < -0.3 is 9.47 Å². The van der Waals surface area contributed by atoms with Crippen LogP contribution in [0.3, 0.4) is 0 Å². The Kier molecular flexibility index (Phi) is 7.34. The Balaban J connectivity index is 0.00000169. The summed E-state index contributed by atoms with van der Waals surface area (Å²) in [6.45, 7) is 7.96. The van der Waals surface area contributed by atoms with Gasteiger partial charge in [-0.1, -0.05) is 21.8 Å². The summed E-state index contributed by atoms with van der Waals surface area (Å²) >= 11 is 0. The van der Waals surface area contributed by atoms with Crippen LogP contribution in [0.5, 0.6) is 0 Å². The van der Waals surface area contributed by atoms with Gasteiger partial charge in [0, 0.05) is 0 Å². The van der Waals surface area contributed by atoms with Crippen molar-refractivity contribution in [1.82, 2.24) is 0 Å². The van der Waals surface area contributed by atoms with Gasteiger partial charge >= 0.3 is 11.9 Å². The van der Waals surface area contributed by atoms with Crippen LogP contribution >= 0.6 is 0 Å². The van der Waals surface area contributed by atoms with Crippen LogP contribution in [0.25, 0.3) is 0 Å². The standard InChI is InChI=1S/C20H32O4.2CH4/c1-5-19(2,3)18(22)23-7-6-17(21)24-20(4)15-9-13-8-14(11-15)12-16(20)10-13;;/h13-16H,5-12H2,1-4H3;2*1H4. The number of rotatable bonds is 6. The van der Waals surface area contributed by atoms with Crippen molar-refractivity contribution >= 4 is 11.9 Å². The van der Waals surface area contributed by atoms with Crippen molar-refractivity contribution in [2.24, 2.45) is 29.1 Å². The number of carbonyl (C=O) groups excluding carboxylic acids is 2. The van der Waals surface area contributed by atoms with E-state index in [0.717, 1.165) is 18.3 Å². The largest absolute Gasteiger partial charge is 0.465 e. The minimum absolute atomic E-state index is 0. The molecule has 4 fully saturated rings. The number of esters is 2. The monoisotopic (exact) mass is 368 g/mol. The second-order valence-corrected chi connectivity index (χ2v) is 9.09. The van der Waals surface area contributed by atoms with E-state index >= 15 is 0 Å². The topological polar surface area (TPSA) is 52.6 Å². The smallest absolute Gasteiger partial charge is 0.311 e. The average molecular weight is 369 g/mol. The van der Waals surface area contributed by atoms with Gasteiger partial charge in [-0.25, -0.2) is 0 Å². The van der Waals surface area contributed by atoms with E-state index in [-0.39, 0.29) is 45.4 Å². The first kappa shape index (κ1) is 23.0. The predicted molar refractivity (Wildman–Crippen MR) is 105 cm³/mol. The maximum absolute atomic E-state index is 12.3. The molecule has 4 nitrogen and oxygen atoms in total. The molecule has 0 radical (unpaired) electrons. The Morgan fingerprint density at radius 3 is 1.96 bits per heavy atom. The normalized spacial score (nSPS) is 34.5. The first-order chi connectivity index (χ1) is 11.2. The van der Waals surface area contributed by atoms with Crippen molar-refractivity contribution in [3.8, 4) is 0 Å². The third-order valence-electron chi connectivity index (χ3n) is 7.07. The van der Waals surface area contributed by atoms with Crippen molar-refractivity contribution in [2.75, 3.05) is 6.61 Å². The molecule has 0 atom stereocenters. The van der Waals surface area contributed by atoms with Gasteiger partial charge in [0.15, 0.2) is 0 Å². The molecule has 0 aromatic rings. The summed E-state index contributed by atoms with van der Waals surface area (Å²) in [5.74, 6) is 2.32. The molecular formula is C22H40O4. The molecule has 0 aromatic carbocycles. The molecule has 4 aliphatic carbocycles. The Morgan fingerprint density at radius 2 is 1.50 bits per heavy atom. The lowest BCUT2D eigenvalue weighted by Crippen LogP contribution is -2.58. The third-order valence-corrected chi connectivity index (χ3v) is 7.07. The van der Waals surface area contributed by atoms with Gasteiger partial charge in [0.25, 0.3) is 0 Å². The fourth-order valence-corrected chi connectivity index (χ4v) is 5.15. The molecule has 4 saturated carbocycles. The maximum Gasteiger partial charge on any atom is 0.311 e. The predicted octanol–water partition coefficient (Wildman–Crippen LogP) is 5.39. The molecule has 0 unspecified atom stereocenters. The molecular weight excluding hydrogens is 328 g/mol. The van der Waals surface area contributed by atoms with Gasteiger partial charge in [-0.05, 0) is 83.0 Å². The van der Waals surface area contributed by atoms with Crippen LogP contribution in [0.2, 0.25) is 0 Å². The van der Waals surface area contributed by atoms with Crippen molar-refractivity contribution in [1.29, 1.82) is 0 Å². The van der Waals surface area contributed by atoms with E-state index < -0.39 is 5.41 Å². The summed E-state index contributed by atoms with van der Waals surface area (Å²) in [4.78, 5) is 24.3. The molecule has 0 amide bonds. The highest BCUT2D eigenvalue weighted by molar-refractivity contribution is 5.76. The lowest BCUT2D eigenvalue weighted by atomic mass is 9.50. The highest BCUT2D eigenvalue weighted by Gasteiger charge is 2.56. The van der Waals surface area contributed by atoms with Gasteiger partial charge in [-0.15, -0.1) is 0 Å². The molecule has 4 aliphatic rings. The summed E-state index contributed by atoms with van der Waals surface area (Å²) in [6, 6.07) is 0. The quantitative estimate of drug-likeness (QED) is 0.590. The van der Waals surface area contributed by atoms with Gasteiger partial charge in [-0.2, -0.15) is 0 Å². The van der Waals surface area contributed by atoms with Crippen LogP contribution in [0.4, 0.5) is 0 Å². The lowest BCUT2D eigenvalue weighted by Gasteiger charge is -2.59. The molecule has 26 heavy (non-hydrogen) atoms. The van der Waals surface area contributed by atoms with E-state index in [1.54, 1.807) is 0 Å². The Bertz CT molecular complexity index is 480. The van der Waals surface area contributed by atoms with Gasteiger partial charge in [-0.3, -0.25) is 9.59 Å². The fourth-order valence-electron chi connectivity index (χ4n) is 5.15. The van der Waals surface area contributed by atoms with E-state index in [0.29, 0.717) is 11.8 Å². The molecule has 0 aromatic heterocycles. The summed E-state index contributed by atoms with van der Waals surface area (Å²) in [6.07, 6.45) is 7.15. The van der Waals surface area contributed by atoms with Crippen molar-refractivity contribution in [2.45, 2.75) is 93.1 Å². The van der Waals surface area contributed by atoms with Crippen LogP contribution in [-0.2, 0) is 19.1 Å². The van der Waals surface area contributed by atoms with Crippen molar-refractivity contribution in [3.05, 3.63) is 0 Å². The van der Waals surface area contributed by atoms with Crippen molar-refractivity contribution in [3.63, 3.8) is 0 Å². The zero-order valence-electron chi connectivity index (χ0n) is 15.6. The number of hydrogen-bond acceptors (Lipinski definition) is 4. The van der Waals surface area contributed by atoms with Gasteiger partial charge in [0.05, 0.1) is 11.8 Å². The first-order valence-electron chi connectivity index (χ1n) is 9.63. The zero-order valence-corrected chi connectivity index (χ0v) is 15.6. The number of ether oxygens (including phenoxy) is 2. The number of carbonyl (C=O) groups is 2. The second-order valence-electron chi connectivity index (χ2n) is 9.09. The SMILES string of the molecule is C.C.CCC(C)(C)C(=O)OCCC(=O)OC1(C)C2CC3CC(C2)CC1C3. The molecule has 4 bridgehead atoms. The van der Waals surface area contributed by atoms with E-state index in [4.69, 9.17) is 9.47 Å². The maximum atomic E-state index is 12.3. The molecule has 0 heterocycles.